The van der Waals surface area contributed by atoms with E-state index in [1.807, 2.05) is 29.8 Å². The highest BCUT2D eigenvalue weighted by molar-refractivity contribution is 5.93. The number of aryl methyl sites for hydroxylation is 1. The monoisotopic (exact) mass is 555 g/mol. The highest BCUT2D eigenvalue weighted by atomic mass is 19.4. The average molecular weight is 556 g/mol. The largest absolute Gasteiger partial charge is 0.522 e. The Hall–Kier alpha value is -4.90. The lowest BCUT2D eigenvalue weighted by Crippen LogP contribution is -2.38. The molecule has 3 N–H and O–H groups in total. The molecule has 5 rings (SSSR count). The summed E-state index contributed by atoms with van der Waals surface area (Å²) in [5, 5.41) is 12.1. The van der Waals surface area contributed by atoms with Crippen LogP contribution in [0.2, 0.25) is 0 Å². The van der Waals surface area contributed by atoms with Crippen molar-refractivity contribution in [1.82, 2.24) is 29.2 Å². The van der Waals surface area contributed by atoms with Gasteiger partial charge >= 0.3 is 6.36 Å². The summed E-state index contributed by atoms with van der Waals surface area (Å²) in [5.74, 6) is 5.88. The lowest BCUT2D eigenvalue weighted by molar-refractivity contribution is -0.327. The molecule has 0 aliphatic carbocycles. The van der Waals surface area contributed by atoms with Crippen LogP contribution in [0.3, 0.4) is 0 Å². The number of aromatic nitrogens is 5. The summed E-state index contributed by atoms with van der Waals surface area (Å²) in [7, 11) is 1.90. The molecule has 14 heteroatoms. The first-order valence-electron chi connectivity index (χ1n) is 11.8. The van der Waals surface area contributed by atoms with Crippen molar-refractivity contribution in [3.8, 4) is 11.8 Å². The number of carbonyl (C=O) groups is 2. The Morgan fingerprint density at radius 1 is 1.27 bits per heavy atom. The minimum Gasteiger partial charge on any atom is -0.483 e. The number of rotatable bonds is 4. The van der Waals surface area contributed by atoms with Gasteiger partial charge in [-0.25, -0.2) is 9.97 Å². The zero-order chi connectivity index (χ0) is 29.0. The Kier molecular flexibility index (Phi) is 8.05. The number of alkyl halides is 3. The molecule has 4 aromatic rings. The molecule has 1 aliphatic rings. The third-order valence-corrected chi connectivity index (χ3v) is 6.34. The second-order valence-corrected chi connectivity index (χ2v) is 8.79. The standard InChI is InChI=1S/C25H22F3N7O2.CH2O2/c1-3-22(36)34-12-16(11-17(34)13-37-25(26,27)28)35-21-8-9-30-24(29)23(21)18(32-35)6-4-15-5-7-20-19(10-15)31-14-33(20)2;2-1-3/h3,5,7-10,14,16-17H,1,11-13H2,2H3,(H2,29,30);1H,(H,2,3)/t16-,17+;/m0./s1. The van der Waals surface area contributed by atoms with Gasteiger partial charge in [0, 0.05) is 25.4 Å². The zero-order valence-electron chi connectivity index (χ0n) is 21.2. The molecule has 1 aliphatic heterocycles. The minimum absolute atomic E-state index is 0.124. The number of carbonyl (C=O) groups excluding carboxylic acids is 1. The normalized spacial score (nSPS) is 16.8. The van der Waals surface area contributed by atoms with Crippen LogP contribution < -0.4 is 5.73 Å². The van der Waals surface area contributed by atoms with Crippen molar-refractivity contribution < 1.29 is 32.6 Å². The number of ether oxygens (including phenoxy) is 1. The van der Waals surface area contributed by atoms with Crippen molar-refractivity contribution in [2.24, 2.45) is 7.05 Å². The fourth-order valence-electron chi connectivity index (χ4n) is 4.63. The number of amides is 1. The van der Waals surface area contributed by atoms with E-state index in [-0.39, 0.29) is 25.3 Å². The Labute approximate surface area is 225 Å². The van der Waals surface area contributed by atoms with Crippen molar-refractivity contribution >= 4 is 40.1 Å². The van der Waals surface area contributed by atoms with Crippen molar-refractivity contribution in [3.63, 3.8) is 0 Å². The van der Waals surface area contributed by atoms with Gasteiger partial charge in [0.1, 0.15) is 11.5 Å². The van der Waals surface area contributed by atoms with E-state index >= 15 is 0 Å². The third-order valence-electron chi connectivity index (χ3n) is 6.34. The molecule has 1 aromatic carbocycles. The summed E-state index contributed by atoms with van der Waals surface area (Å²) in [5.41, 5.74) is 9.65. The molecule has 1 saturated heterocycles. The van der Waals surface area contributed by atoms with Gasteiger partial charge in [-0.15, -0.1) is 13.2 Å². The molecule has 11 nitrogen and oxygen atoms in total. The van der Waals surface area contributed by atoms with Gasteiger partial charge in [0.2, 0.25) is 5.91 Å². The molecule has 2 atom stereocenters. The summed E-state index contributed by atoms with van der Waals surface area (Å²) in [6, 6.07) is 6.13. The van der Waals surface area contributed by atoms with E-state index in [2.05, 4.69) is 38.2 Å². The van der Waals surface area contributed by atoms with Crippen LogP contribution >= 0.6 is 0 Å². The number of pyridine rings is 1. The van der Waals surface area contributed by atoms with Gasteiger partial charge in [0.15, 0.2) is 0 Å². The number of halogens is 3. The van der Waals surface area contributed by atoms with Crippen LogP contribution in [0.15, 0.2) is 49.4 Å². The molecule has 1 amide bonds. The highest BCUT2D eigenvalue weighted by Gasteiger charge is 2.39. The maximum absolute atomic E-state index is 12.7. The number of hydrogen-bond acceptors (Lipinski definition) is 7. The summed E-state index contributed by atoms with van der Waals surface area (Å²) >= 11 is 0. The molecule has 1 fully saturated rings. The molecule has 3 aromatic heterocycles. The number of carboxylic acid groups (broad SMARTS) is 1. The molecule has 0 unspecified atom stereocenters. The van der Waals surface area contributed by atoms with Crippen LogP contribution in [0.1, 0.15) is 23.7 Å². The molecule has 40 heavy (non-hydrogen) atoms. The van der Waals surface area contributed by atoms with Crippen LogP contribution in [-0.2, 0) is 21.4 Å². The second kappa shape index (κ2) is 11.5. The SMILES string of the molecule is C=CC(=O)N1C[C@@H](n2nc(C#Cc3ccc4c(c3)ncn4C)c3c(N)nccc32)C[C@@H]1COC(F)(F)F.O=CO. The average Bonchev–Trinajstić information content (AvgIpc) is 3.61. The van der Waals surface area contributed by atoms with Crippen molar-refractivity contribution in [2.75, 3.05) is 18.9 Å². The zero-order valence-corrected chi connectivity index (χ0v) is 21.2. The van der Waals surface area contributed by atoms with E-state index in [0.717, 1.165) is 22.7 Å². The number of nitrogens with zero attached hydrogens (tertiary/aromatic N) is 6. The van der Waals surface area contributed by atoms with Gasteiger partial charge in [0.25, 0.3) is 6.47 Å². The predicted molar refractivity (Wildman–Crippen MR) is 139 cm³/mol. The van der Waals surface area contributed by atoms with E-state index in [4.69, 9.17) is 15.6 Å². The minimum atomic E-state index is -4.81. The molecule has 4 heterocycles. The van der Waals surface area contributed by atoms with Crippen molar-refractivity contribution in [3.05, 3.63) is 60.7 Å². The summed E-state index contributed by atoms with van der Waals surface area (Å²) < 4.78 is 45.7. The molecule has 0 radical (unpaired) electrons. The van der Waals surface area contributed by atoms with Gasteiger partial charge in [-0.1, -0.05) is 12.5 Å². The van der Waals surface area contributed by atoms with Gasteiger partial charge in [-0.3, -0.25) is 19.0 Å². The second-order valence-electron chi connectivity index (χ2n) is 8.79. The van der Waals surface area contributed by atoms with Gasteiger partial charge in [-0.05, 0) is 42.7 Å². The first kappa shape index (κ1) is 28.1. The number of anilines is 1. The first-order valence-corrected chi connectivity index (χ1v) is 11.8. The van der Waals surface area contributed by atoms with E-state index in [0.29, 0.717) is 16.6 Å². The Balaban J connectivity index is 0.00000118. The smallest absolute Gasteiger partial charge is 0.483 e. The quantitative estimate of drug-likeness (QED) is 0.223. The topological polar surface area (TPSA) is 141 Å². The summed E-state index contributed by atoms with van der Waals surface area (Å²) in [6.07, 6.45) is -0.299. The maximum Gasteiger partial charge on any atom is 0.522 e. The Bertz CT molecular complexity index is 1630. The first-order chi connectivity index (χ1) is 19.1. The van der Waals surface area contributed by atoms with Crippen LogP contribution in [0.4, 0.5) is 19.0 Å². The van der Waals surface area contributed by atoms with Crippen LogP contribution in [0.25, 0.3) is 21.9 Å². The van der Waals surface area contributed by atoms with E-state index < -0.39 is 31.0 Å². The van der Waals surface area contributed by atoms with E-state index in [1.165, 1.54) is 11.1 Å². The Morgan fingerprint density at radius 3 is 2.73 bits per heavy atom. The maximum atomic E-state index is 12.7. The van der Waals surface area contributed by atoms with Gasteiger partial charge < -0.3 is 20.3 Å². The van der Waals surface area contributed by atoms with E-state index in [9.17, 15) is 18.0 Å². The lowest BCUT2D eigenvalue weighted by atomic mass is 10.1. The van der Waals surface area contributed by atoms with Crippen molar-refractivity contribution in [1.29, 1.82) is 0 Å². The number of imidazole rings is 1. The molecule has 0 spiro atoms. The van der Waals surface area contributed by atoms with Gasteiger partial charge in [-0.2, -0.15) is 5.10 Å². The number of hydrogen-bond donors (Lipinski definition) is 2. The van der Waals surface area contributed by atoms with Crippen LogP contribution in [0.5, 0.6) is 0 Å². The predicted octanol–water partition coefficient (Wildman–Crippen LogP) is 2.87. The molecular weight excluding hydrogens is 531 g/mol. The fourth-order valence-corrected chi connectivity index (χ4v) is 4.63. The number of benzene rings is 1. The number of nitrogens with two attached hydrogens (primary N) is 1. The van der Waals surface area contributed by atoms with Crippen molar-refractivity contribution in [2.45, 2.75) is 24.9 Å². The number of nitrogen functional groups attached to an aromatic ring is 1. The molecule has 0 saturated carbocycles. The molecular formula is C26H24F3N7O4. The lowest BCUT2D eigenvalue weighted by Gasteiger charge is -2.23. The highest BCUT2D eigenvalue weighted by Crippen LogP contribution is 2.33. The van der Waals surface area contributed by atoms with E-state index in [1.54, 1.807) is 17.1 Å². The fraction of sp³-hybridized carbons (Fsp3) is 0.269. The summed E-state index contributed by atoms with van der Waals surface area (Å²) in [4.78, 5) is 30.6. The van der Waals surface area contributed by atoms with Gasteiger partial charge in [0.05, 0.1) is 47.0 Å². The Morgan fingerprint density at radius 2 is 2.02 bits per heavy atom. The number of fused-ring (bicyclic) bond motifs is 2. The molecule has 0 bridgehead atoms. The third kappa shape index (κ3) is 5.89. The number of likely N-dealkylation sites (tertiary alicyclic amines) is 1. The van der Waals surface area contributed by atoms with Crippen LogP contribution in [-0.4, -0.2) is 72.3 Å². The van der Waals surface area contributed by atoms with Crippen LogP contribution in [0, 0.1) is 11.8 Å². The summed E-state index contributed by atoms with van der Waals surface area (Å²) in [6.45, 7) is 2.64. The molecule has 208 valence electrons.